The lowest BCUT2D eigenvalue weighted by atomic mass is 10.1. The molecule has 0 radical (unpaired) electrons. The SMILES string of the molecule is CCc1nc(C)nc2c1CSC2. The van der Waals surface area contributed by atoms with E-state index in [9.17, 15) is 0 Å². The molecular formula is C9H12N2S. The van der Waals surface area contributed by atoms with Crippen LogP contribution in [0.4, 0.5) is 0 Å². The molecule has 0 saturated heterocycles. The normalized spacial score (nSPS) is 14.8. The second-order valence-electron chi connectivity index (χ2n) is 2.99. The Hall–Kier alpha value is -0.570. The zero-order valence-electron chi connectivity index (χ0n) is 7.42. The van der Waals surface area contributed by atoms with Gasteiger partial charge in [0.15, 0.2) is 0 Å². The van der Waals surface area contributed by atoms with E-state index >= 15 is 0 Å². The van der Waals surface area contributed by atoms with Gasteiger partial charge in [-0.3, -0.25) is 0 Å². The first kappa shape index (κ1) is 8.05. The molecule has 1 aliphatic heterocycles. The van der Waals surface area contributed by atoms with Gasteiger partial charge in [-0.1, -0.05) is 6.92 Å². The van der Waals surface area contributed by atoms with E-state index in [0.29, 0.717) is 0 Å². The summed E-state index contributed by atoms with van der Waals surface area (Å²) >= 11 is 1.94. The number of fused-ring (bicyclic) bond motifs is 1. The molecule has 0 unspecified atom stereocenters. The van der Waals surface area contributed by atoms with Crippen LogP contribution in [0.3, 0.4) is 0 Å². The van der Waals surface area contributed by atoms with Crippen LogP contribution in [-0.4, -0.2) is 9.97 Å². The summed E-state index contributed by atoms with van der Waals surface area (Å²) in [6, 6.07) is 0. The van der Waals surface area contributed by atoms with E-state index < -0.39 is 0 Å². The van der Waals surface area contributed by atoms with Gasteiger partial charge >= 0.3 is 0 Å². The van der Waals surface area contributed by atoms with Crippen LogP contribution in [0.5, 0.6) is 0 Å². The van der Waals surface area contributed by atoms with Crippen molar-refractivity contribution in [1.82, 2.24) is 9.97 Å². The summed E-state index contributed by atoms with van der Waals surface area (Å²) in [7, 11) is 0. The van der Waals surface area contributed by atoms with Crippen LogP contribution in [0.2, 0.25) is 0 Å². The number of aromatic nitrogens is 2. The molecule has 0 amide bonds. The minimum absolute atomic E-state index is 0.924. The summed E-state index contributed by atoms with van der Waals surface area (Å²) in [5, 5.41) is 0. The van der Waals surface area contributed by atoms with Gasteiger partial charge in [0.05, 0.1) is 5.69 Å². The maximum Gasteiger partial charge on any atom is 0.125 e. The molecule has 1 aromatic rings. The molecule has 0 atom stereocenters. The minimum Gasteiger partial charge on any atom is -0.238 e. The quantitative estimate of drug-likeness (QED) is 0.662. The molecule has 2 heterocycles. The van der Waals surface area contributed by atoms with E-state index in [1.54, 1.807) is 0 Å². The summed E-state index contributed by atoms with van der Waals surface area (Å²) < 4.78 is 0. The van der Waals surface area contributed by atoms with Gasteiger partial charge in [0.2, 0.25) is 0 Å². The van der Waals surface area contributed by atoms with Gasteiger partial charge < -0.3 is 0 Å². The van der Waals surface area contributed by atoms with Crippen molar-refractivity contribution in [2.45, 2.75) is 31.8 Å². The molecule has 1 aliphatic rings. The molecule has 0 saturated carbocycles. The van der Waals surface area contributed by atoms with Crippen LogP contribution < -0.4 is 0 Å². The average molecular weight is 180 g/mol. The van der Waals surface area contributed by atoms with Gasteiger partial charge in [-0.15, -0.1) is 0 Å². The molecule has 64 valence electrons. The van der Waals surface area contributed by atoms with Crippen molar-refractivity contribution in [3.63, 3.8) is 0 Å². The highest BCUT2D eigenvalue weighted by atomic mass is 32.2. The summed E-state index contributed by atoms with van der Waals surface area (Å²) in [5.74, 6) is 3.11. The second kappa shape index (κ2) is 3.05. The molecule has 3 heteroatoms. The zero-order chi connectivity index (χ0) is 8.55. The summed E-state index contributed by atoms with van der Waals surface area (Å²) in [6.07, 6.45) is 1.03. The molecule has 0 aliphatic carbocycles. The van der Waals surface area contributed by atoms with Crippen LogP contribution >= 0.6 is 11.8 Å². The minimum atomic E-state index is 0.924. The van der Waals surface area contributed by atoms with Crippen molar-refractivity contribution in [3.05, 3.63) is 22.8 Å². The van der Waals surface area contributed by atoms with Crippen LogP contribution in [0, 0.1) is 6.92 Å². The maximum atomic E-state index is 4.44. The number of aryl methyl sites for hydroxylation is 2. The lowest BCUT2D eigenvalue weighted by Crippen LogP contribution is -2.01. The van der Waals surface area contributed by atoms with E-state index in [-0.39, 0.29) is 0 Å². The Kier molecular flexibility index (Phi) is 2.05. The molecular weight excluding hydrogens is 168 g/mol. The van der Waals surface area contributed by atoms with Crippen LogP contribution in [0.15, 0.2) is 0 Å². The van der Waals surface area contributed by atoms with Crippen molar-refractivity contribution < 1.29 is 0 Å². The Labute approximate surface area is 76.8 Å². The van der Waals surface area contributed by atoms with Crippen LogP contribution in [0.25, 0.3) is 0 Å². The van der Waals surface area contributed by atoms with Crippen molar-refractivity contribution in [2.24, 2.45) is 0 Å². The smallest absolute Gasteiger partial charge is 0.125 e. The Morgan fingerprint density at radius 1 is 1.33 bits per heavy atom. The molecule has 0 bridgehead atoms. The van der Waals surface area contributed by atoms with E-state index in [1.807, 2.05) is 18.7 Å². The second-order valence-corrected chi connectivity index (χ2v) is 3.97. The van der Waals surface area contributed by atoms with E-state index in [2.05, 4.69) is 16.9 Å². The Bertz CT molecular complexity index is 310. The number of rotatable bonds is 1. The zero-order valence-corrected chi connectivity index (χ0v) is 8.24. The topological polar surface area (TPSA) is 25.8 Å². The molecule has 0 aromatic carbocycles. The lowest BCUT2D eigenvalue weighted by molar-refractivity contribution is 0.902. The van der Waals surface area contributed by atoms with E-state index in [1.165, 1.54) is 17.0 Å². The van der Waals surface area contributed by atoms with Crippen molar-refractivity contribution in [2.75, 3.05) is 0 Å². The number of hydrogen-bond acceptors (Lipinski definition) is 3. The lowest BCUT2D eigenvalue weighted by Gasteiger charge is -2.04. The Morgan fingerprint density at radius 3 is 2.92 bits per heavy atom. The first-order valence-corrected chi connectivity index (χ1v) is 5.39. The van der Waals surface area contributed by atoms with Crippen LogP contribution in [0.1, 0.15) is 29.7 Å². The predicted molar refractivity (Wildman–Crippen MR) is 51.1 cm³/mol. The number of hydrogen-bond donors (Lipinski definition) is 0. The van der Waals surface area contributed by atoms with Gasteiger partial charge in [0.1, 0.15) is 5.82 Å². The Morgan fingerprint density at radius 2 is 2.17 bits per heavy atom. The fourth-order valence-electron chi connectivity index (χ4n) is 1.55. The monoisotopic (exact) mass is 180 g/mol. The van der Waals surface area contributed by atoms with Gasteiger partial charge in [-0.25, -0.2) is 9.97 Å². The molecule has 2 nitrogen and oxygen atoms in total. The third-order valence-corrected chi connectivity index (χ3v) is 3.08. The largest absolute Gasteiger partial charge is 0.238 e. The molecule has 12 heavy (non-hydrogen) atoms. The van der Waals surface area contributed by atoms with Crippen molar-refractivity contribution in [3.8, 4) is 0 Å². The maximum absolute atomic E-state index is 4.44. The molecule has 0 fully saturated rings. The summed E-state index contributed by atoms with van der Waals surface area (Å²) in [6.45, 7) is 4.13. The average Bonchev–Trinajstić information content (AvgIpc) is 2.50. The predicted octanol–water partition coefficient (Wildman–Crippen LogP) is 2.09. The number of thioether (sulfide) groups is 1. The van der Waals surface area contributed by atoms with Gasteiger partial charge in [0.25, 0.3) is 0 Å². The van der Waals surface area contributed by atoms with E-state index in [0.717, 1.165) is 23.8 Å². The first-order valence-electron chi connectivity index (χ1n) is 4.24. The fraction of sp³-hybridized carbons (Fsp3) is 0.556. The van der Waals surface area contributed by atoms with Gasteiger partial charge in [-0.2, -0.15) is 11.8 Å². The highest BCUT2D eigenvalue weighted by Gasteiger charge is 2.17. The van der Waals surface area contributed by atoms with Crippen molar-refractivity contribution >= 4 is 11.8 Å². The summed E-state index contributed by atoms with van der Waals surface area (Å²) in [4.78, 5) is 8.87. The molecule has 1 aromatic heterocycles. The highest BCUT2D eigenvalue weighted by molar-refractivity contribution is 7.98. The van der Waals surface area contributed by atoms with Gasteiger partial charge in [0, 0.05) is 22.8 Å². The van der Waals surface area contributed by atoms with Gasteiger partial charge in [-0.05, 0) is 13.3 Å². The fourth-order valence-corrected chi connectivity index (χ4v) is 2.62. The molecule has 2 rings (SSSR count). The number of nitrogens with zero attached hydrogens (tertiary/aromatic N) is 2. The van der Waals surface area contributed by atoms with Crippen LogP contribution in [-0.2, 0) is 17.9 Å². The highest BCUT2D eigenvalue weighted by Crippen LogP contribution is 2.30. The van der Waals surface area contributed by atoms with Crippen molar-refractivity contribution in [1.29, 1.82) is 0 Å². The Balaban J connectivity index is 2.55. The standard InChI is InChI=1S/C9H12N2S/c1-3-8-7-4-12-5-9(7)11-6(2)10-8/h3-5H2,1-2H3. The third kappa shape index (κ3) is 1.22. The molecule has 0 N–H and O–H groups in total. The molecule has 0 spiro atoms. The van der Waals surface area contributed by atoms with E-state index in [4.69, 9.17) is 0 Å². The summed E-state index contributed by atoms with van der Waals surface area (Å²) in [5.41, 5.74) is 3.92. The first-order chi connectivity index (χ1) is 5.81. The third-order valence-electron chi connectivity index (χ3n) is 2.11.